The fraction of sp³-hybridized carbons (Fsp3) is 0.154. The Morgan fingerprint density at radius 2 is 2.30 bits per heavy atom. The first-order valence-corrected chi connectivity index (χ1v) is 6.58. The minimum absolute atomic E-state index is 0.152. The molecule has 1 unspecified atom stereocenters. The second-order valence-electron chi connectivity index (χ2n) is 4.12. The van der Waals surface area contributed by atoms with Crippen molar-refractivity contribution < 1.29 is 14.3 Å². The third kappa shape index (κ3) is 3.45. The van der Waals surface area contributed by atoms with E-state index in [-0.39, 0.29) is 5.69 Å². The molecule has 0 spiro atoms. The Labute approximate surface area is 123 Å². The predicted molar refractivity (Wildman–Crippen MR) is 74.8 cm³/mol. The Bertz CT molecular complexity index is 627. The Morgan fingerprint density at radius 1 is 1.50 bits per heavy atom. The number of primary amides is 1. The zero-order valence-electron chi connectivity index (χ0n) is 10.4. The lowest BCUT2D eigenvalue weighted by atomic mass is 10.0. The van der Waals surface area contributed by atoms with Crippen LogP contribution < -0.4 is 5.73 Å². The lowest BCUT2D eigenvalue weighted by Crippen LogP contribution is -2.11. The molecule has 104 valence electrons. The molecular formula is C13H12BrN3O3. The SMILES string of the molecule is NC(=O)c1cc(CC(OC=O)c2cccc(Br)c2)[nH]n1. The maximum absolute atomic E-state index is 11.0. The number of halogens is 1. The Balaban J connectivity index is 2.20. The van der Waals surface area contributed by atoms with Gasteiger partial charge in [-0.25, -0.2) is 0 Å². The highest BCUT2D eigenvalue weighted by Gasteiger charge is 2.16. The zero-order chi connectivity index (χ0) is 14.5. The Morgan fingerprint density at radius 3 is 2.90 bits per heavy atom. The summed E-state index contributed by atoms with van der Waals surface area (Å²) in [5.41, 5.74) is 6.78. The third-order valence-corrected chi connectivity index (χ3v) is 3.22. The average molecular weight is 338 g/mol. The van der Waals surface area contributed by atoms with Crippen molar-refractivity contribution in [2.24, 2.45) is 5.73 Å². The summed E-state index contributed by atoms with van der Waals surface area (Å²) in [6.45, 7) is 0.400. The number of nitrogens with two attached hydrogens (primary N) is 1. The molecule has 1 atom stereocenters. The average Bonchev–Trinajstić information content (AvgIpc) is 2.87. The molecule has 7 heteroatoms. The summed E-state index contributed by atoms with van der Waals surface area (Å²) in [6.07, 6.45) is -0.0960. The van der Waals surface area contributed by atoms with Gasteiger partial charge in [-0.3, -0.25) is 14.7 Å². The number of benzene rings is 1. The molecule has 6 nitrogen and oxygen atoms in total. The minimum Gasteiger partial charge on any atom is -0.459 e. The van der Waals surface area contributed by atoms with Gasteiger partial charge in [-0.2, -0.15) is 5.10 Å². The number of hydrogen-bond acceptors (Lipinski definition) is 4. The maximum Gasteiger partial charge on any atom is 0.293 e. The molecule has 0 bridgehead atoms. The van der Waals surface area contributed by atoms with Gasteiger partial charge in [-0.05, 0) is 23.8 Å². The first kappa shape index (κ1) is 14.3. The molecule has 2 rings (SSSR count). The number of carbonyl (C=O) groups is 2. The molecule has 1 heterocycles. The zero-order valence-corrected chi connectivity index (χ0v) is 12.0. The van der Waals surface area contributed by atoms with Crippen molar-refractivity contribution in [3.8, 4) is 0 Å². The Hall–Kier alpha value is -2.15. The summed E-state index contributed by atoms with van der Waals surface area (Å²) in [5.74, 6) is -0.609. The molecule has 0 saturated carbocycles. The molecule has 0 aliphatic heterocycles. The van der Waals surface area contributed by atoms with Crippen LogP contribution in [0.3, 0.4) is 0 Å². The predicted octanol–water partition coefficient (Wildman–Crippen LogP) is 1.73. The van der Waals surface area contributed by atoms with E-state index >= 15 is 0 Å². The number of aromatic amines is 1. The number of nitrogens with one attached hydrogen (secondary N) is 1. The van der Waals surface area contributed by atoms with E-state index in [2.05, 4.69) is 26.1 Å². The molecule has 20 heavy (non-hydrogen) atoms. The molecule has 1 aromatic heterocycles. The second-order valence-corrected chi connectivity index (χ2v) is 5.04. The van der Waals surface area contributed by atoms with Crippen molar-refractivity contribution >= 4 is 28.3 Å². The fourth-order valence-corrected chi connectivity index (χ4v) is 2.23. The molecular weight excluding hydrogens is 326 g/mol. The standard InChI is InChI=1S/C13H12BrN3O3/c14-9-3-1-2-8(4-9)12(20-7-18)6-10-5-11(13(15)19)17-16-10/h1-5,7,12H,6H2,(H2,15,19)(H,16,17). The van der Waals surface area contributed by atoms with Crippen LogP contribution in [0.4, 0.5) is 0 Å². The van der Waals surface area contributed by atoms with Gasteiger partial charge in [0.1, 0.15) is 11.8 Å². The minimum atomic E-state index is -0.609. The number of amides is 1. The molecule has 0 fully saturated rings. The van der Waals surface area contributed by atoms with Crippen LogP contribution in [0.25, 0.3) is 0 Å². The number of aromatic nitrogens is 2. The van der Waals surface area contributed by atoms with Crippen LogP contribution in [0.2, 0.25) is 0 Å². The van der Waals surface area contributed by atoms with E-state index < -0.39 is 12.0 Å². The van der Waals surface area contributed by atoms with E-state index in [0.29, 0.717) is 18.6 Å². The number of carbonyl (C=O) groups excluding carboxylic acids is 2. The smallest absolute Gasteiger partial charge is 0.293 e. The van der Waals surface area contributed by atoms with Crippen LogP contribution in [-0.2, 0) is 16.0 Å². The van der Waals surface area contributed by atoms with Gasteiger partial charge in [0, 0.05) is 16.6 Å². The van der Waals surface area contributed by atoms with E-state index in [0.717, 1.165) is 10.0 Å². The molecule has 1 aromatic carbocycles. The van der Waals surface area contributed by atoms with Crippen LogP contribution in [-0.4, -0.2) is 22.6 Å². The quantitative estimate of drug-likeness (QED) is 0.784. The summed E-state index contributed by atoms with van der Waals surface area (Å²) in [7, 11) is 0. The summed E-state index contributed by atoms with van der Waals surface area (Å²) in [5, 5.41) is 6.49. The van der Waals surface area contributed by atoms with E-state index in [1.165, 1.54) is 0 Å². The van der Waals surface area contributed by atoms with Crippen molar-refractivity contribution in [2.75, 3.05) is 0 Å². The van der Waals surface area contributed by atoms with Crippen molar-refractivity contribution in [2.45, 2.75) is 12.5 Å². The molecule has 0 saturated heterocycles. The normalized spacial score (nSPS) is 11.8. The Kier molecular flexibility index (Phi) is 4.52. The lowest BCUT2D eigenvalue weighted by molar-refractivity contribution is -0.133. The van der Waals surface area contributed by atoms with E-state index in [1.807, 2.05) is 24.3 Å². The van der Waals surface area contributed by atoms with E-state index in [1.54, 1.807) is 6.07 Å². The summed E-state index contributed by atoms with van der Waals surface area (Å²) in [6, 6.07) is 8.98. The molecule has 0 aliphatic carbocycles. The van der Waals surface area contributed by atoms with Gasteiger partial charge in [0.2, 0.25) is 0 Å². The van der Waals surface area contributed by atoms with Gasteiger partial charge in [0.05, 0.1) is 0 Å². The molecule has 2 aromatic rings. The lowest BCUT2D eigenvalue weighted by Gasteiger charge is -2.14. The number of rotatable bonds is 6. The van der Waals surface area contributed by atoms with Crippen molar-refractivity contribution in [3.05, 3.63) is 51.8 Å². The highest BCUT2D eigenvalue weighted by Crippen LogP contribution is 2.24. The van der Waals surface area contributed by atoms with Crippen molar-refractivity contribution in [1.29, 1.82) is 0 Å². The number of H-pyrrole nitrogens is 1. The van der Waals surface area contributed by atoms with E-state index in [9.17, 15) is 9.59 Å². The van der Waals surface area contributed by atoms with Gasteiger partial charge in [-0.1, -0.05) is 28.1 Å². The van der Waals surface area contributed by atoms with Crippen LogP contribution >= 0.6 is 15.9 Å². The number of hydrogen-bond donors (Lipinski definition) is 2. The van der Waals surface area contributed by atoms with Crippen LogP contribution in [0, 0.1) is 0 Å². The van der Waals surface area contributed by atoms with E-state index in [4.69, 9.17) is 10.5 Å². The molecule has 1 amide bonds. The maximum atomic E-state index is 11.0. The number of ether oxygens (including phenoxy) is 1. The summed E-state index contributed by atoms with van der Waals surface area (Å²) in [4.78, 5) is 21.6. The van der Waals surface area contributed by atoms with Gasteiger partial charge in [0.25, 0.3) is 12.4 Å². The molecule has 3 N–H and O–H groups in total. The topological polar surface area (TPSA) is 98.1 Å². The first-order valence-electron chi connectivity index (χ1n) is 5.79. The highest BCUT2D eigenvalue weighted by atomic mass is 79.9. The van der Waals surface area contributed by atoms with Crippen molar-refractivity contribution in [1.82, 2.24) is 10.2 Å². The fourth-order valence-electron chi connectivity index (χ4n) is 1.81. The third-order valence-electron chi connectivity index (χ3n) is 2.73. The molecule has 0 radical (unpaired) electrons. The van der Waals surface area contributed by atoms with Crippen LogP contribution in [0.1, 0.15) is 27.8 Å². The second kappa shape index (κ2) is 6.33. The van der Waals surface area contributed by atoms with Crippen LogP contribution in [0.5, 0.6) is 0 Å². The van der Waals surface area contributed by atoms with Crippen LogP contribution in [0.15, 0.2) is 34.8 Å². The molecule has 0 aliphatic rings. The summed E-state index contributed by atoms with van der Waals surface area (Å²) < 4.78 is 5.98. The van der Waals surface area contributed by atoms with Gasteiger partial charge in [-0.15, -0.1) is 0 Å². The van der Waals surface area contributed by atoms with Gasteiger partial charge in [0.15, 0.2) is 0 Å². The monoisotopic (exact) mass is 337 g/mol. The van der Waals surface area contributed by atoms with Gasteiger partial charge < -0.3 is 10.5 Å². The summed E-state index contributed by atoms with van der Waals surface area (Å²) >= 11 is 3.36. The van der Waals surface area contributed by atoms with Crippen molar-refractivity contribution in [3.63, 3.8) is 0 Å². The van der Waals surface area contributed by atoms with Gasteiger partial charge >= 0.3 is 0 Å². The first-order chi connectivity index (χ1) is 9.60. The highest BCUT2D eigenvalue weighted by molar-refractivity contribution is 9.10. The largest absolute Gasteiger partial charge is 0.459 e. The number of nitrogens with zero attached hydrogens (tertiary/aromatic N) is 1.